The molecular formula is C22H25N3O2. The Bertz CT molecular complexity index is 805. The molecule has 3 rings (SSSR count). The average molecular weight is 363 g/mol. The van der Waals surface area contributed by atoms with Crippen LogP contribution < -0.4 is 5.32 Å². The van der Waals surface area contributed by atoms with Gasteiger partial charge in [0.05, 0.1) is 0 Å². The number of aromatic nitrogens is 2. The summed E-state index contributed by atoms with van der Waals surface area (Å²) in [6.45, 7) is 4.57. The lowest BCUT2D eigenvalue weighted by Gasteiger charge is -2.18. The van der Waals surface area contributed by atoms with Crippen molar-refractivity contribution >= 4 is 5.91 Å². The highest BCUT2D eigenvalue weighted by Gasteiger charge is 2.16. The van der Waals surface area contributed by atoms with E-state index in [1.807, 2.05) is 50.2 Å². The van der Waals surface area contributed by atoms with Gasteiger partial charge in [-0.1, -0.05) is 79.7 Å². The Labute approximate surface area is 159 Å². The number of carbonyl (C=O) groups excluding carboxylic acids is 1. The van der Waals surface area contributed by atoms with E-state index in [4.69, 9.17) is 4.52 Å². The van der Waals surface area contributed by atoms with E-state index in [0.29, 0.717) is 31.1 Å². The molecule has 140 valence electrons. The fourth-order valence-corrected chi connectivity index (χ4v) is 2.93. The summed E-state index contributed by atoms with van der Waals surface area (Å²) in [4.78, 5) is 16.6. The van der Waals surface area contributed by atoms with Gasteiger partial charge in [0.1, 0.15) is 0 Å². The van der Waals surface area contributed by atoms with Crippen LogP contribution in [0.2, 0.25) is 0 Å². The number of hydrogen-bond acceptors (Lipinski definition) is 4. The van der Waals surface area contributed by atoms with Gasteiger partial charge in [-0.3, -0.25) is 4.79 Å². The van der Waals surface area contributed by atoms with Gasteiger partial charge < -0.3 is 9.84 Å². The zero-order valence-corrected chi connectivity index (χ0v) is 15.8. The van der Waals surface area contributed by atoms with Gasteiger partial charge in [0, 0.05) is 31.2 Å². The molecular weight excluding hydrogens is 338 g/mol. The quantitative estimate of drug-likeness (QED) is 0.655. The van der Waals surface area contributed by atoms with Crippen LogP contribution in [-0.4, -0.2) is 22.6 Å². The molecule has 2 aromatic carbocycles. The highest BCUT2D eigenvalue weighted by atomic mass is 16.5. The van der Waals surface area contributed by atoms with Crippen LogP contribution in [0.25, 0.3) is 0 Å². The summed E-state index contributed by atoms with van der Waals surface area (Å²) in [5, 5.41) is 6.98. The molecule has 0 saturated heterocycles. The SMILES string of the molecule is CC(C)c1noc(CCC(=O)NCC(c2ccccc2)c2ccccc2)n1. The summed E-state index contributed by atoms with van der Waals surface area (Å²) >= 11 is 0. The minimum absolute atomic E-state index is 0.0174. The normalized spacial score (nSPS) is 11.1. The van der Waals surface area contributed by atoms with E-state index in [2.05, 4.69) is 39.7 Å². The fraction of sp³-hybridized carbons (Fsp3) is 0.318. The maximum atomic E-state index is 12.3. The molecule has 5 nitrogen and oxygen atoms in total. The first-order valence-corrected chi connectivity index (χ1v) is 9.32. The Kier molecular flexibility index (Phi) is 6.36. The van der Waals surface area contributed by atoms with Crippen molar-refractivity contribution in [3.63, 3.8) is 0 Å². The summed E-state index contributed by atoms with van der Waals surface area (Å²) in [5.74, 6) is 1.51. The molecule has 1 heterocycles. The van der Waals surface area contributed by atoms with Crippen molar-refractivity contribution in [1.29, 1.82) is 0 Å². The number of rotatable bonds is 8. The first-order valence-electron chi connectivity index (χ1n) is 9.32. The number of nitrogens with one attached hydrogen (secondary N) is 1. The molecule has 0 aliphatic heterocycles. The number of hydrogen-bond donors (Lipinski definition) is 1. The lowest BCUT2D eigenvalue weighted by Crippen LogP contribution is -2.29. The van der Waals surface area contributed by atoms with Crippen molar-refractivity contribution in [1.82, 2.24) is 15.5 Å². The van der Waals surface area contributed by atoms with Crippen molar-refractivity contribution in [3.8, 4) is 0 Å². The third kappa shape index (κ3) is 5.26. The molecule has 0 atom stereocenters. The second-order valence-electron chi connectivity index (χ2n) is 6.88. The Hall–Kier alpha value is -2.95. The third-order valence-electron chi connectivity index (χ3n) is 4.47. The largest absolute Gasteiger partial charge is 0.355 e. The minimum Gasteiger partial charge on any atom is -0.355 e. The summed E-state index contributed by atoms with van der Waals surface area (Å²) in [6.07, 6.45) is 0.781. The van der Waals surface area contributed by atoms with Crippen molar-refractivity contribution in [2.24, 2.45) is 0 Å². The van der Waals surface area contributed by atoms with E-state index in [1.165, 1.54) is 11.1 Å². The predicted octanol–water partition coefficient (Wildman–Crippen LogP) is 4.07. The van der Waals surface area contributed by atoms with E-state index in [0.717, 1.165) is 0 Å². The van der Waals surface area contributed by atoms with Crippen molar-refractivity contribution in [3.05, 3.63) is 83.5 Å². The molecule has 0 unspecified atom stereocenters. The number of benzene rings is 2. The smallest absolute Gasteiger partial charge is 0.227 e. The van der Waals surface area contributed by atoms with E-state index >= 15 is 0 Å². The molecule has 0 aliphatic rings. The van der Waals surface area contributed by atoms with E-state index < -0.39 is 0 Å². The molecule has 3 aromatic rings. The number of amides is 1. The van der Waals surface area contributed by atoms with Crippen molar-refractivity contribution in [2.75, 3.05) is 6.54 Å². The molecule has 1 amide bonds. The number of aryl methyl sites for hydroxylation is 1. The lowest BCUT2D eigenvalue weighted by atomic mass is 9.91. The molecule has 0 spiro atoms. The van der Waals surface area contributed by atoms with E-state index in [-0.39, 0.29) is 17.7 Å². The van der Waals surface area contributed by atoms with Gasteiger partial charge in [0.15, 0.2) is 5.82 Å². The maximum Gasteiger partial charge on any atom is 0.227 e. The standard InChI is InChI=1S/C22H25N3O2/c1-16(2)22-24-21(27-25-22)14-13-20(26)23-15-19(17-9-5-3-6-10-17)18-11-7-4-8-12-18/h3-12,16,19H,13-15H2,1-2H3,(H,23,26). The molecule has 1 aromatic heterocycles. The average Bonchev–Trinajstić information content (AvgIpc) is 3.18. The van der Waals surface area contributed by atoms with Crippen LogP contribution in [0.3, 0.4) is 0 Å². The first kappa shape index (κ1) is 18.8. The topological polar surface area (TPSA) is 68.0 Å². The van der Waals surface area contributed by atoms with Crippen LogP contribution in [0.15, 0.2) is 65.2 Å². The van der Waals surface area contributed by atoms with Gasteiger partial charge in [-0.25, -0.2) is 0 Å². The van der Waals surface area contributed by atoms with E-state index in [1.54, 1.807) is 0 Å². The van der Waals surface area contributed by atoms with Crippen molar-refractivity contribution in [2.45, 2.75) is 38.5 Å². The van der Waals surface area contributed by atoms with Crippen LogP contribution in [0.5, 0.6) is 0 Å². The predicted molar refractivity (Wildman–Crippen MR) is 104 cm³/mol. The molecule has 27 heavy (non-hydrogen) atoms. The highest BCUT2D eigenvalue weighted by molar-refractivity contribution is 5.76. The number of nitrogens with zero attached hydrogens (tertiary/aromatic N) is 2. The molecule has 0 bridgehead atoms. The van der Waals surface area contributed by atoms with Gasteiger partial charge >= 0.3 is 0 Å². The number of carbonyl (C=O) groups is 1. The van der Waals surface area contributed by atoms with E-state index in [9.17, 15) is 4.79 Å². The van der Waals surface area contributed by atoms with Crippen LogP contribution in [0.1, 0.15) is 54.9 Å². The van der Waals surface area contributed by atoms with Gasteiger partial charge in [-0.2, -0.15) is 4.98 Å². The van der Waals surface area contributed by atoms with Crippen LogP contribution >= 0.6 is 0 Å². The molecule has 5 heteroatoms. The summed E-state index contributed by atoms with van der Waals surface area (Å²) in [6, 6.07) is 20.5. The van der Waals surface area contributed by atoms with Gasteiger partial charge in [0.2, 0.25) is 11.8 Å². The molecule has 0 saturated carbocycles. The molecule has 0 fully saturated rings. The monoisotopic (exact) mass is 363 g/mol. The summed E-state index contributed by atoms with van der Waals surface area (Å²) in [5.41, 5.74) is 2.37. The van der Waals surface area contributed by atoms with Crippen LogP contribution in [0.4, 0.5) is 0 Å². The summed E-state index contributed by atoms with van der Waals surface area (Å²) < 4.78 is 5.20. The molecule has 1 N–H and O–H groups in total. The Balaban J connectivity index is 1.59. The van der Waals surface area contributed by atoms with Gasteiger partial charge in [0.25, 0.3) is 0 Å². The fourth-order valence-electron chi connectivity index (χ4n) is 2.93. The maximum absolute atomic E-state index is 12.3. The first-order chi connectivity index (χ1) is 13.1. The molecule has 0 radical (unpaired) electrons. The second-order valence-corrected chi connectivity index (χ2v) is 6.88. The zero-order chi connectivity index (χ0) is 19.1. The van der Waals surface area contributed by atoms with Gasteiger partial charge in [-0.05, 0) is 11.1 Å². The Morgan fingerprint density at radius 2 is 1.59 bits per heavy atom. The van der Waals surface area contributed by atoms with Crippen LogP contribution in [0, 0.1) is 0 Å². The third-order valence-corrected chi connectivity index (χ3v) is 4.47. The Morgan fingerprint density at radius 1 is 1.00 bits per heavy atom. The summed E-state index contributed by atoms with van der Waals surface area (Å²) in [7, 11) is 0. The Morgan fingerprint density at radius 3 is 2.11 bits per heavy atom. The molecule has 0 aliphatic carbocycles. The van der Waals surface area contributed by atoms with Crippen molar-refractivity contribution < 1.29 is 9.32 Å². The highest BCUT2D eigenvalue weighted by Crippen LogP contribution is 2.23. The van der Waals surface area contributed by atoms with Crippen LogP contribution in [-0.2, 0) is 11.2 Å². The minimum atomic E-state index is -0.0174. The van der Waals surface area contributed by atoms with Gasteiger partial charge in [-0.15, -0.1) is 0 Å². The second kappa shape index (κ2) is 9.12. The zero-order valence-electron chi connectivity index (χ0n) is 15.8. The lowest BCUT2D eigenvalue weighted by molar-refractivity contribution is -0.121.